The second-order valence-electron chi connectivity index (χ2n) is 5.92. The minimum atomic E-state index is -2.63. The summed E-state index contributed by atoms with van der Waals surface area (Å²) in [7, 11) is 3.43. The van der Waals surface area contributed by atoms with Crippen LogP contribution >= 0.6 is 0 Å². The molecule has 1 aliphatic carbocycles. The van der Waals surface area contributed by atoms with Crippen LogP contribution in [0, 0.1) is 0 Å². The van der Waals surface area contributed by atoms with E-state index in [0.29, 0.717) is 12.2 Å². The number of likely N-dealkylation sites (N-methyl/N-ethyl adjacent to an activating group) is 1. The maximum Gasteiger partial charge on any atom is 0.280 e. The second-order valence-corrected chi connectivity index (χ2v) is 5.92. The lowest BCUT2D eigenvalue weighted by atomic mass is 10.3. The van der Waals surface area contributed by atoms with E-state index in [0.717, 1.165) is 23.2 Å². The fraction of sp³-hybridized carbons (Fsp3) is 0.533. The van der Waals surface area contributed by atoms with Gasteiger partial charge in [-0.2, -0.15) is 10.2 Å². The maximum absolute atomic E-state index is 13.1. The largest absolute Gasteiger partial charge is 0.338 e. The molecular weight excluding hydrogens is 304 g/mol. The van der Waals surface area contributed by atoms with Crippen LogP contribution in [0.2, 0.25) is 0 Å². The molecule has 0 atom stereocenters. The number of nitrogens with zero attached hydrogens (tertiary/aromatic N) is 5. The highest BCUT2D eigenvalue weighted by atomic mass is 19.3. The molecular formula is C15H19F2N5O. The van der Waals surface area contributed by atoms with Gasteiger partial charge in [-0.15, -0.1) is 0 Å². The van der Waals surface area contributed by atoms with Gasteiger partial charge in [0.25, 0.3) is 6.43 Å². The summed E-state index contributed by atoms with van der Waals surface area (Å²) in [5.41, 5.74) is 1.35. The van der Waals surface area contributed by atoms with E-state index < -0.39 is 6.43 Å². The number of carbonyl (C=O) groups excluding carboxylic acids is 1. The number of alkyl halides is 2. The molecule has 1 saturated carbocycles. The van der Waals surface area contributed by atoms with Crippen molar-refractivity contribution in [2.24, 2.45) is 7.05 Å². The summed E-state index contributed by atoms with van der Waals surface area (Å²) in [6.07, 6.45) is 0.977. The average molecular weight is 323 g/mol. The SMILES string of the molecule is CN(Cc1ccnn1C)C(=O)Cn1nc(C2CC2)cc1C(F)F. The van der Waals surface area contributed by atoms with Crippen molar-refractivity contribution in [2.75, 3.05) is 7.05 Å². The van der Waals surface area contributed by atoms with Crippen LogP contribution in [-0.2, 0) is 24.9 Å². The summed E-state index contributed by atoms with van der Waals surface area (Å²) in [6, 6.07) is 3.24. The van der Waals surface area contributed by atoms with Crippen LogP contribution in [0.1, 0.15) is 42.3 Å². The number of carbonyl (C=O) groups is 1. The van der Waals surface area contributed by atoms with Gasteiger partial charge in [-0.1, -0.05) is 0 Å². The highest BCUT2D eigenvalue weighted by molar-refractivity contribution is 5.75. The Kier molecular flexibility index (Phi) is 4.14. The molecule has 2 heterocycles. The molecule has 0 bridgehead atoms. The third kappa shape index (κ3) is 3.40. The number of amides is 1. The van der Waals surface area contributed by atoms with Gasteiger partial charge in [-0.05, 0) is 25.0 Å². The third-order valence-electron chi connectivity index (χ3n) is 4.08. The number of hydrogen-bond donors (Lipinski definition) is 0. The lowest BCUT2D eigenvalue weighted by molar-refractivity contribution is -0.131. The van der Waals surface area contributed by atoms with Crippen molar-refractivity contribution < 1.29 is 13.6 Å². The minimum absolute atomic E-state index is 0.180. The first-order chi connectivity index (χ1) is 11.0. The highest BCUT2D eigenvalue weighted by Crippen LogP contribution is 2.40. The standard InChI is InChI=1S/C15H19F2N5O/c1-20(8-11-5-6-18-21(11)2)14(23)9-22-13(15(16)17)7-12(19-22)10-3-4-10/h5-7,10,15H,3-4,8-9H2,1-2H3. The molecule has 0 unspecified atom stereocenters. The molecule has 1 aliphatic rings. The van der Waals surface area contributed by atoms with Gasteiger partial charge in [0.1, 0.15) is 12.2 Å². The van der Waals surface area contributed by atoms with E-state index in [1.165, 1.54) is 11.0 Å². The Morgan fingerprint density at radius 3 is 2.78 bits per heavy atom. The number of aryl methyl sites for hydroxylation is 1. The van der Waals surface area contributed by atoms with E-state index in [1.807, 2.05) is 6.07 Å². The second kappa shape index (κ2) is 6.10. The van der Waals surface area contributed by atoms with E-state index in [-0.39, 0.29) is 24.1 Å². The summed E-state index contributed by atoms with van der Waals surface area (Å²) < 4.78 is 29.1. The number of hydrogen-bond acceptors (Lipinski definition) is 3. The molecule has 0 saturated heterocycles. The summed E-state index contributed by atoms with van der Waals surface area (Å²) in [6.45, 7) is 0.191. The predicted molar refractivity (Wildman–Crippen MR) is 78.8 cm³/mol. The molecule has 1 amide bonds. The van der Waals surface area contributed by atoms with Crippen molar-refractivity contribution in [3.05, 3.63) is 35.4 Å². The molecule has 1 fully saturated rings. The molecule has 0 aliphatic heterocycles. The number of halogens is 2. The molecule has 2 aromatic heterocycles. The van der Waals surface area contributed by atoms with E-state index in [4.69, 9.17) is 0 Å². The molecule has 6 nitrogen and oxygen atoms in total. The van der Waals surface area contributed by atoms with Gasteiger partial charge < -0.3 is 4.90 Å². The van der Waals surface area contributed by atoms with Gasteiger partial charge >= 0.3 is 0 Å². The van der Waals surface area contributed by atoms with Crippen molar-refractivity contribution in [3.8, 4) is 0 Å². The monoisotopic (exact) mass is 323 g/mol. The Balaban J connectivity index is 1.70. The van der Waals surface area contributed by atoms with Crippen molar-refractivity contribution in [3.63, 3.8) is 0 Å². The molecule has 23 heavy (non-hydrogen) atoms. The van der Waals surface area contributed by atoms with E-state index in [9.17, 15) is 13.6 Å². The van der Waals surface area contributed by atoms with Crippen LogP contribution < -0.4 is 0 Å². The van der Waals surface area contributed by atoms with E-state index >= 15 is 0 Å². The molecule has 0 aromatic carbocycles. The molecule has 0 N–H and O–H groups in total. The van der Waals surface area contributed by atoms with Gasteiger partial charge in [-0.25, -0.2) is 8.78 Å². The molecule has 2 aromatic rings. The van der Waals surface area contributed by atoms with Crippen LogP contribution in [0.25, 0.3) is 0 Å². The Morgan fingerprint density at radius 2 is 2.22 bits per heavy atom. The van der Waals surface area contributed by atoms with Crippen LogP contribution in [0.5, 0.6) is 0 Å². The Bertz CT molecular complexity index is 705. The van der Waals surface area contributed by atoms with Crippen molar-refractivity contribution in [2.45, 2.75) is 38.3 Å². The van der Waals surface area contributed by atoms with E-state index in [2.05, 4.69) is 10.2 Å². The highest BCUT2D eigenvalue weighted by Gasteiger charge is 2.29. The molecule has 3 rings (SSSR count). The average Bonchev–Trinajstić information content (AvgIpc) is 3.15. The first-order valence-corrected chi connectivity index (χ1v) is 7.52. The smallest absolute Gasteiger partial charge is 0.280 e. The van der Waals surface area contributed by atoms with Crippen molar-refractivity contribution >= 4 is 5.91 Å². The van der Waals surface area contributed by atoms with Gasteiger partial charge in [0, 0.05) is 26.2 Å². The van der Waals surface area contributed by atoms with Gasteiger partial charge in [0.2, 0.25) is 5.91 Å². The Labute approximate surface area is 132 Å². The lowest BCUT2D eigenvalue weighted by Gasteiger charge is -2.18. The van der Waals surface area contributed by atoms with Gasteiger partial charge in [-0.3, -0.25) is 14.2 Å². The zero-order valence-electron chi connectivity index (χ0n) is 13.1. The quantitative estimate of drug-likeness (QED) is 0.818. The first-order valence-electron chi connectivity index (χ1n) is 7.52. The fourth-order valence-electron chi connectivity index (χ4n) is 2.47. The number of rotatable bonds is 6. The summed E-state index contributed by atoms with van der Waals surface area (Å²) in [4.78, 5) is 13.8. The van der Waals surface area contributed by atoms with Crippen molar-refractivity contribution in [1.29, 1.82) is 0 Å². The van der Waals surface area contributed by atoms with Crippen LogP contribution in [0.4, 0.5) is 8.78 Å². The molecule has 0 spiro atoms. The molecule has 124 valence electrons. The van der Waals surface area contributed by atoms with Gasteiger partial charge in [0.15, 0.2) is 0 Å². The van der Waals surface area contributed by atoms with E-state index in [1.54, 1.807) is 25.0 Å². The maximum atomic E-state index is 13.1. The van der Waals surface area contributed by atoms with Crippen LogP contribution in [0.3, 0.4) is 0 Å². The third-order valence-corrected chi connectivity index (χ3v) is 4.08. The normalized spacial score (nSPS) is 14.5. The predicted octanol–water partition coefficient (Wildman–Crippen LogP) is 2.09. The molecule has 8 heteroatoms. The van der Waals surface area contributed by atoms with Crippen LogP contribution in [0.15, 0.2) is 18.3 Å². The fourth-order valence-corrected chi connectivity index (χ4v) is 2.47. The zero-order chi connectivity index (χ0) is 16.6. The topological polar surface area (TPSA) is 56.0 Å². The number of aromatic nitrogens is 4. The van der Waals surface area contributed by atoms with Gasteiger partial charge in [0.05, 0.1) is 17.9 Å². The first kappa shape index (κ1) is 15.6. The lowest BCUT2D eigenvalue weighted by Crippen LogP contribution is -2.31. The summed E-state index contributed by atoms with van der Waals surface area (Å²) in [5.74, 6) is 0.00886. The summed E-state index contributed by atoms with van der Waals surface area (Å²) in [5, 5.41) is 8.24. The Morgan fingerprint density at radius 1 is 1.48 bits per heavy atom. The van der Waals surface area contributed by atoms with Crippen LogP contribution in [-0.4, -0.2) is 37.4 Å². The van der Waals surface area contributed by atoms with Crippen molar-refractivity contribution in [1.82, 2.24) is 24.5 Å². The Hall–Kier alpha value is -2.25. The zero-order valence-corrected chi connectivity index (χ0v) is 13.1. The molecule has 0 radical (unpaired) electrons. The summed E-state index contributed by atoms with van der Waals surface area (Å²) >= 11 is 0. The minimum Gasteiger partial charge on any atom is -0.338 e.